The number of nitriles is 1. The van der Waals surface area contributed by atoms with Crippen LogP contribution >= 0.6 is 11.8 Å². The zero-order chi connectivity index (χ0) is 43.9. The van der Waals surface area contributed by atoms with Gasteiger partial charge in [0.05, 0.1) is 30.5 Å². The molecule has 4 aliphatic rings. The molecule has 324 valence electrons. The van der Waals surface area contributed by atoms with Crippen molar-refractivity contribution in [3.8, 4) is 34.8 Å². The number of ether oxygens (including phenoxy) is 5. The summed E-state index contributed by atoms with van der Waals surface area (Å²) in [6, 6.07) is -0.848. The first kappa shape index (κ1) is 44.3. The number of aromatic hydroxyl groups is 1. The molecular formula is C42H54N6O11S. The number of hydrogen-bond acceptors (Lipinski definition) is 15. The predicted octanol–water partition coefficient (Wildman–Crippen LogP) is 3.02. The van der Waals surface area contributed by atoms with Gasteiger partial charge >= 0.3 is 5.97 Å². The van der Waals surface area contributed by atoms with Crippen LogP contribution in [0.1, 0.15) is 92.3 Å². The van der Waals surface area contributed by atoms with E-state index >= 15 is 0 Å². The van der Waals surface area contributed by atoms with Crippen LogP contribution in [0, 0.1) is 31.1 Å². The number of thioether (sulfide) groups is 1. The van der Waals surface area contributed by atoms with E-state index in [1.807, 2.05) is 31.9 Å². The molecular weight excluding hydrogens is 797 g/mol. The van der Waals surface area contributed by atoms with Gasteiger partial charge in [-0.15, -0.1) is 11.8 Å². The maximum absolute atomic E-state index is 13.8. The van der Waals surface area contributed by atoms with Gasteiger partial charge in [-0.05, 0) is 58.2 Å². The smallest absolute Gasteiger partial charge is 0.308 e. The minimum atomic E-state index is -0.913. The molecule has 2 bridgehead atoms. The van der Waals surface area contributed by atoms with Crippen molar-refractivity contribution in [2.45, 2.75) is 115 Å². The fraction of sp³-hybridized carbons (Fsp3) is 0.571. The molecule has 0 aliphatic carbocycles. The number of phenols is 1. The number of esters is 1. The number of benzene rings is 2. The van der Waals surface area contributed by atoms with Crippen LogP contribution in [0.5, 0.6) is 28.7 Å². The normalized spacial score (nSPS) is 24.0. The van der Waals surface area contributed by atoms with Crippen LogP contribution in [0.2, 0.25) is 0 Å². The van der Waals surface area contributed by atoms with Crippen LogP contribution in [0.3, 0.4) is 0 Å². The number of phenolic OH excluding ortho intramolecular Hbond substituents is 1. The number of piperazine rings is 1. The van der Waals surface area contributed by atoms with Gasteiger partial charge in [0, 0.05) is 60.0 Å². The molecule has 9 atom stereocenters. The Balaban J connectivity index is 1.50. The van der Waals surface area contributed by atoms with E-state index in [-0.39, 0.29) is 48.5 Å². The minimum Gasteiger partial charge on any atom is -0.504 e. The van der Waals surface area contributed by atoms with Crippen molar-refractivity contribution in [2.75, 3.05) is 33.3 Å². The number of rotatable bonds is 14. The van der Waals surface area contributed by atoms with Crippen molar-refractivity contribution >= 4 is 41.9 Å². The highest BCUT2D eigenvalue weighted by atomic mass is 32.2. The Labute approximate surface area is 353 Å². The second-order valence-electron chi connectivity index (χ2n) is 16.2. The highest BCUT2D eigenvalue weighted by molar-refractivity contribution is 7.99. The predicted molar refractivity (Wildman–Crippen MR) is 219 cm³/mol. The molecule has 17 nitrogen and oxygen atoms in total. The van der Waals surface area contributed by atoms with Gasteiger partial charge in [-0.1, -0.05) is 19.9 Å². The third-order valence-electron chi connectivity index (χ3n) is 11.8. The number of fused-ring (bicyclic) bond motifs is 9. The van der Waals surface area contributed by atoms with Crippen molar-refractivity contribution in [1.82, 2.24) is 25.8 Å². The Kier molecular flexibility index (Phi) is 13.1. The van der Waals surface area contributed by atoms with E-state index in [1.165, 1.54) is 39.6 Å². The molecule has 4 heterocycles. The average molecular weight is 851 g/mol. The van der Waals surface area contributed by atoms with Crippen LogP contribution in [0.25, 0.3) is 0 Å². The van der Waals surface area contributed by atoms with Crippen molar-refractivity contribution in [3.63, 3.8) is 0 Å². The first-order valence-corrected chi connectivity index (χ1v) is 21.0. The van der Waals surface area contributed by atoms with Crippen LogP contribution < -0.4 is 34.9 Å². The second kappa shape index (κ2) is 17.8. The SMILES string of the molecule is COc1c(C)cc2c(c1O)[C@H]1C3[C@H](SC[C@@H](C)NC(=O)C(NC(=O)C(C)NC(C)=O)C(C)C)c4c(OC(C)=O)c(C)c5c(c4[C@H](COC=O)N3[C@@H](C#N)[C@H](C2)N1C)OCO5. The van der Waals surface area contributed by atoms with Gasteiger partial charge in [-0.25, -0.2) is 0 Å². The first-order chi connectivity index (χ1) is 28.5. The molecule has 3 amide bonds. The van der Waals surface area contributed by atoms with E-state index in [2.05, 4.69) is 26.9 Å². The van der Waals surface area contributed by atoms with E-state index in [0.29, 0.717) is 52.4 Å². The summed E-state index contributed by atoms with van der Waals surface area (Å²) in [7, 11) is 3.42. The topological polar surface area (TPSA) is 218 Å². The third-order valence-corrected chi connectivity index (χ3v) is 13.4. The molecule has 2 aromatic carbocycles. The van der Waals surface area contributed by atoms with E-state index < -0.39 is 65.3 Å². The van der Waals surface area contributed by atoms with Crippen LogP contribution in [-0.4, -0.2) is 115 Å². The molecule has 4 N–H and O–H groups in total. The van der Waals surface area contributed by atoms with Gasteiger partial charge in [0.25, 0.3) is 6.47 Å². The largest absolute Gasteiger partial charge is 0.504 e. The molecule has 60 heavy (non-hydrogen) atoms. The number of nitrogens with zero attached hydrogens (tertiary/aromatic N) is 3. The Morgan fingerprint density at radius 3 is 2.35 bits per heavy atom. The number of methoxy groups -OCH3 is 1. The quantitative estimate of drug-likeness (QED) is 0.122. The summed E-state index contributed by atoms with van der Waals surface area (Å²) in [5.74, 6) is -0.607. The minimum absolute atomic E-state index is 0.0225. The highest BCUT2D eigenvalue weighted by Gasteiger charge is 2.60. The molecule has 3 unspecified atom stereocenters. The number of hydrogen-bond donors (Lipinski definition) is 4. The first-order valence-electron chi connectivity index (χ1n) is 19.9. The zero-order valence-corrected chi connectivity index (χ0v) is 36.4. The van der Waals surface area contributed by atoms with Crippen LogP contribution in [0.4, 0.5) is 0 Å². The van der Waals surface area contributed by atoms with E-state index in [1.54, 1.807) is 20.8 Å². The molecule has 6 rings (SSSR count). The van der Waals surface area contributed by atoms with E-state index in [9.17, 15) is 34.3 Å². The molecule has 1 saturated heterocycles. The molecule has 0 saturated carbocycles. The van der Waals surface area contributed by atoms with E-state index in [0.717, 1.165) is 11.1 Å². The fourth-order valence-electron chi connectivity index (χ4n) is 9.37. The van der Waals surface area contributed by atoms with Crippen molar-refractivity contribution in [2.24, 2.45) is 5.92 Å². The van der Waals surface area contributed by atoms with Gasteiger partial charge in [-0.2, -0.15) is 5.26 Å². The monoisotopic (exact) mass is 850 g/mol. The lowest BCUT2D eigenvalue weighted by Crippen LogP contribution is -2.69. The van der Waals surface area contributed by atoms with Crippen LogP contribution in [0.15, 0.2) is 6.07 Å². The molecule has 0 aromatic heterocycles. The summed E-state index contributed by atoms with van der Waals surface area (Å²) in [6.45, 7) is 13.3. The van der Waals surface area contributed by atoms with Crippen molar-refractivity contribution in [3.05, 3.63) is 39.4 Å². The number of amides is 3. The molecule has 0 radical (unpaired) electrons. The molecule has 1 fully saturated rings. The Hall–Kier alpha value is -5.25. The van der Waals surface area contributed by atoms with Crippen molar-refractivity contribution < 1.29 is 52.8 Å². The number of nitrogens with one attached hydrogen (secondary N) is 3. The van der Waals surface area contributed by atoms with Crippen molar-refractivity contribution in [1.29, 1.82) is 5.26 Å². The Morgan fingerprint density at radius 2 is 1.73 bits per heavy atom. The lowest BCUT2D eigenvalue weighted by Gasteiger charge is -2.61. The number of aryl methyl sites for hydroxylation is 1. The molecule has 0 spiro atoms. The summed E-state index contributed by atoms with van der Waals surface area (Å²) in [6.07, 6.45) is 0.429. The number of likely N-dealkylation sites (N-methyl/N-ethyl adjacent to an activating group) is 1. The summed E-state index contributed by atoms with van der Waals surface area (Å²) in [5.41, 5.74) is 3.87. The van der Waals surface area contributed by atoms with Gasteiger partial charge < -0.3 is 44.7 Å². The summed E-state index contributed by atoms with van der Waals surface area (Å²) in [5, 5.41) is 30.9. The van der Waals surface area contributed by atoms with Gasteiger partial charge in [0.2, 0.25) is 24.5 Å². The van der Waals surface area contributed by atoms with E-state index in [4.69, 9.17) is 23.7 Å². The van der Waals surface area contributed by atoms with Gasteiger partial charge in [0.1, 0.15) is 30.5 Å². The molecule has 2 aromatic rings. The lowest BCUT2D eigenvalue weighted by atomic mass is 9.71. The van der Waals surface area contributed by atoms with Gasteiger partial charge in [-0.3, -0.25) is 33.8 Å². The standard InChI is InChI=1S/C42H54N6O11S/c1-18(2)32(46-41(53)22(6)45-23(7)50)42(54)44-20(4)15-60-40-31-30(39-38(57-17-58-39)21(5)37(31)59-24(8)51)28(14-56-16-49)48-27(13-43)26-12-25-11-19(3)36(55-10)35(52)29(25)33(34(40)48)47(26)9/h11,16,18,20,22,26-28,32-34,40,52H,12,14-15,17H2,1-10H3,(H,44,54)(H,45,50)(H,46,53)/t20-,22?,26+,27+,28+,32?,33+,34?,40-/m1/s1. The lowest BCUT2D eigenvalue weighted by molar-refractivity contribution is -0.134. The Morgan fingerprint density at radius 1 is 1.03 bits per heavy atom. The average Bonchev–Trinajstić information content (AvgIpc) is 3.67. The highest BCUT2D eigenvalue weighted by Crippen LogP contribution is 2.63. The zero-order valence-electron chi connectivity index (χ0n) is 35.5. The third kappa shape index (κ3) is 7.90. The Bertz CT molecular complexity index is 2110. The second-order valence-corrected chi connectivity index (χ2v) is 17.4. The molecule has 18 heteroatoms. The van der Waals surface area contributed by atoms with Gasteiger partial charge in [0.15, 0.2) is 23.0 Å². The summed E-state index contributed by atoms with van der Waals surface area (Å²) in [4.78, 5) is 67.4. The number of carbonyl (C=O) groups is 5. The maximum Gasteiger partial charge on any atom is 0.308 e. The summed E-state index contributed by atoms with van der Waals surface area (Å²) < 4.78 is 29.4. The molecule has 4 aliphatic heterocycles. The number of carbonyl (C=O) groups excluding carboxylic acids is 5. The fourth-order valence-corrected chi connectivity index (χ4v) is 10.8. The van der Waals surface area contributed by atoms with Crippen LogP contribution in [-0.2, 0) is 35.1 Å². The maximum atomic E-state index is 13.8. The summed E-state index contributed by atoms with van der Waals surface area (Å²) >= 11 is 1.46.